The van der Waals surface area contributed by atoms with Crippen molar-refractivity contribution in [3.8, 4) is 0 Å². The molecule has 0 spiro atoms. The number of rotatable bonds is 6. The molecule has 0 aliphatic carbocycles. The van der Waals surface area contributed by atoms with Gasteiger partial charge in [0.2, 0.25) is 5.82 Å². The first-order valence-electron chi connectivity index (χ1n) is 7.15. The van der Waals surface area contributed by atoms with E-state index < -0.39 is 0 Å². The van der Waals surface area contributed by atoms with Gasteiger partial charge < -0.3 is 10.2 Å². The second kappa shape index (κ2) is 6.21. The van der Waals surface area contributed by atoms with Crippen molar-refractivity contribution in [3.05, 3.63) is 15.8 Å². The van der Waals surface area contributed by atoms with Crippen molar-refractivity contribution in [2.24, 2.45) is 13.0 Å². The first-order chi connectivity index (χ1) is 9.52. The topological polar surface area (TPSA) is 76.2 Å². The monoisotopic (exact) mass is 281 g/mol. The van der Waals surface area contributed by atoms with E-state index in [4.69, 9.17) is 0 Å². The molecule has 1 aliphatic heterocycles. The average Bonchev–Trinajstić information content (AvgIpc) is 2.91. The Kier molecular flexibility index (Phi) is 4.59. The van der Waals surface area contributed by atoms with Crippen LogP contribution in [0.5, 0.6) is 0 Å². The maximum atomic E-state index is 11.3. The zero-order valence-electron chi connectivity index (χ0n) is 12.4. The fraction of sp³-hybridized carbons (Fsp3) is 0.769. The van der Waals surface area contributed by atoms with Crippen molar-refractivity contribution >= 4 is 11.5 Å². The third kappa shape index (κ3) is 3.09. The Bertz CT molecular complexity index is 485. The Morgan fingerprint density at radius 1 is 1.50 bits per heavy atom. The van der Waals surface area contributed by atoms with Crippen LogP contribution in [-0.4, -0.2) is 46.3 Å². The highest BCUT2D eigenvalue weighted by atomic mass is 16.6. The smallest absolute Gasteiger partial charge is 0.333 e. The van der Waals surface area contributed by atoms with Crippen LogP contribution in [0.2, 0.25) is 0 Å². The number of aryl methyl sites for hydroxylation is 2. The Morgan fingerprint density at radius 3 is 2.80 bits per heavy atom. The van der Waals surface area contributed by atoms with Crippen LogP contribution in [0.1, 0.15) is 25.5 Å². The lowest BCUT2D eigenvalue weighted by molar-refractivity contribution is -0.384. The normalized spacial score (nSPS) is 19.4. The molecule has 0 saturated carbocycles. The van der Waals surface area contributed by atoms with E-state index in [9.17, 15) is 10.1 Å². The van der Waals surface area contributed by atoms with Crippen LogP contribution in [0.15, 0.2) is 0 Å². The summed E-state index contributed by atoms with van der Waals surface area (Å²) in [6, 6.07) is 0. The van der Waals surface area contributed by atoms with Gasteiger partial charge in [-0.05, 0) is 32.4 Å². The molecule has 1 unspecified atom stereocenters. The first-order valence-corrected chi connectivity index (χ1v) is 7.15. The zero-order chi connectivity index (χ0) is 14.7. The number of likely N-dealkylation sites (tertiary alicyclic amines) is 1. The van der Waals surface area contributed by atoms with E-state index in [1.54, 1.807) is 11.7 Å². The Balaban J connectivity index is 2.11. The minimum Gasteiger partial charge on any atom is -0.364 e. The van der Waals surface area contributed by atoms with Crippen LogP contribution >= 0.6 is 0 Å². The van der Waals surface area contributed by atoms with Gasteiger partial charge >= 0.3 is 5.69 Å². The number of hydrogen-bond acceptors (Lipinski definition) is 5. The quantitative estimate of drug-likeness (QED) is 0.633. The van der Waals surface area contributed by atoms with Crippen molar-refractivity contribution in [3.63, 3.8) is 0 Å². The molecule has 2 heterocycles. The predicted molar refractivity (Wildman–Crippen MR) is 78.0 cm³/mol. The molecule has 7 nitrogen and oxygen atoms in total. The summed E-state index contributed by atoms with van der Waals surface area (Å²) in [6.07, 6.45) is 2.62. The van der Waals surface area contributed by atoms with E-state index >= 15 is 0 Å². The standard InChI is InChI=1S/C13H23N5O2/c1-4-5-11-12(18(19)20)13(17(3)15-11)14-8-10-6-7-16(2)9-10/h10,14H,4-9H2,1-3H3. The molecule has 20 heavy (non-hydrogen) atoms. The van der Waals surface area contributed by atoms with Crippen molar-refractivity contribution in [2.45, 2.75) is 26.2 Å². The van der Waals surface area contributed by atoms with Crippen molar-refractivity contribution < 1.29 is 4.92 Å². The molecule has 1 aromatic rings. The number of aromatic nitrogens is 2. The van der Waals surface area contributed by atoms with E-state index in [-0.39, 0.29) is 10.6 Å². The molecule has 0 radical (unpaired) electrons. The predicted octanol–water partition coefficient (Wildman–Crippen LogP) is 1.64. The van der Waals surface area contributed by atoms with Crippen LogP contribution in [0.3, 0.4) is 0 Å². The highest BCUT2D eigenvalue weighted by Gasteiger charge is 2.27. The average molecular weight is 281 g/mol. The van der Waals surface area contributed by atoms with E-state index in [0.29, 0.717) is 23.9 Å². The minimum atomic E-state index is -0.318. The molecule has 1 fully saturated rings. The lowest BCUT2D eigenvalue weighted by atomic mass is 10.1. The van der Waals surface area contributed by atoms with Gasteiger partial charge in [0, 0.05) is 20.1 Å². The summed E-state index contributed by atoms with van der Waals surface area (Å²) in [5, 5.41) is 18.8. The summed E-state index contributed by atoms with van der Waals surface area (Å²) in [4.78, 5) is 13.2. The van der Waals surface area contributed by atoms with Crippen LogP contribution in [0.4, 0.5) is 11.5 Å². The van der Waals surface area contributed by atoms with Gasteiger partial charge in [0.1, 0.15) is 5.69 Å². The van der Waals surface area contributed by atoms with Gasteiger partial charge in [-0.2, -0.15) is 5.10 Å². The first kappa shape index (κ1) is 14.8. The van der Waals surface area contributed by atoms with Crippen molar-refractivity contribution in [1.29, 1.82) is 0 Å². The lowest BCUT2D eigenvalue weighted by Gasteiger charge is -2.12. The number of nitro groups is 1. The number of nitrogens with zero attached hydrogens (tertiary/aromatic N) is 4. The highest BCUT2D eigenvalue weighted by molar-refractivity contribution is 5.59. The van der Waals surface area contributed by atoms with E-state index in [1.807, 2.05) is 6.92 Å². The Labute approximate surface area is 119 Å². The van der Waals surface area contributed by atoms with Gasteiger partial charge in [-0.1, -0.05) is 13.3 Å². The number of anilines is 1. The molecule has 0 bridgehead atoms. The lowest BCUT2D eigenvalue weighted by Crippen LogP contribution is -2.20. The molecule has 1 aromatic heterocycles. The number of hydrogen-bond donors (Lipinski definition) is 1. The summed E-state index contributed by atoms with van der Waals surface area (Å²) < 4.78 is 1.60. The molecule has 0 aromatic carbocycles. The minimum absolute atomic E-state index is 0.140. The van der Waals surface area contributed by atoms with Gasteiger partial charge in [0.15, 0.2) is 0 Å². The zero-order valence-corrected chi connectivity index (χ0v) is 12.4. The van der Waals surface area contributed by atoms with Gasteiger partial charge in [0.05, 0.1) is 4.92 Å². The van der Waals surface area contributed by atoms with E-state index in [1.165, 1.54) is 0 Å². The van der Waals surface area contributed by atoms with Gasteiger partial charge in [-0.15, -0.1) is 0 Å². The molecule has 7 heteroatoms. The van der Waals surface area contributed by atoms with Crippen LogP contribution < -0.4 is 5.32 Å². The second-order valence-electron chi connectivity index (χ2n) is 5.57. The van der Waals surface area contributed by atoms with E-state index in [2.05, 4.69) is 22.4 Å². The fourth-order valence-electron chi connectivity index (χ4n) is 2.80. The molecule has 1 atom stereocenters. The summed E-state index contributed by atoms with van der Waals surface area (Å²) in [7, 11) is 3.86. The van der Waals surface area contributed by atoms with Gasteiger partial charge in [0.25, 0.3) is 0 Å². The molecule has 112 valence electrons. The molecule has 1 N–H and O–H groups in total. The second-order valence-corrected chi connectivity index (χ2v) is 5.57. The fourth-order valence-corrected chi connectivity index (χ4v) is 2.80. The SMILES string of the molecule is CCCc1nn(C)c(NCC2CCN(C)C2)c1[N+](=O)[O-]. The Hall–Kier alpha value is -1.63. The summed E-state index contributed by atoms with van der Waals surface area (Å²) in [5.74, 6) is 1.08. The van der Waals surface area contributed by atoms with Gasteiger partial charge in [-0.25, -0.2) is 4.68 Å². The maximum absolute atomic E-state index is 11.3. The molecule has 1 aliphatic rings. The summed E-state index contributed by atoms with van der Waals surface area (Å²) >= 11 is 0. The molecular formula is C13H23N5O2. The van der Waals surface area contributed by atoms with Crippen molar-refractivity contribution in [2.75, 3.05) is 32.0 Å². The third-order valence-corrected chi connectivity index (χ3v) is 3.81. The number of nitrogens with one attached hydrogen (secondary N) is 1. The van der Waals surface area contributed by atoms with Crippen LogP contribution in [-0.2, 0) is 13.5 Å². The van der Waals surface area contributed by atoms with Gasteiger partial charge in [-0.3, -0.25) is 10.1 Å². The summed E-state index contributed by atoms with van der Waals surface area (Å²) in [6.45, 7) is 4.90. The largest absolute Gasteiger partial charge is 0.364 e. The van der Waals surface area contributed by atoms with Crippen LogP contribution in [0.25, 0.3) is 0 Å². The molecule has 0 amide bonds. The van der Waals surface area contributed by atoms with Crippen LogP contribution in [0, 0.1) is 16.0 Å². The highest BCUT2D eigenvalue weighted by Crippen LogP contribution is 2.29. The molecular weight excluding hydrogens is 258 g/mol. The van der Waals surface area contributed by atoms with Crippen molar-refractivity contribution in [1.82, 2.24) is 14.7 Å². The summed E-state index contributed by atoms with van der Waals surface area (Å²) in [5.41, 5.74) is 0.715. The Morgan fingerprint density at radius 2 is 2.25 bits per heavy atom. The van der Waals surface area contributed by atoms with E-state index in [0.717, 1.165) is 32.5 Å². The third-order valence-electron chi connectivity index (χ3n) is 3.81. The molecule has 1 saturated heterocycles. The molecule has 2 rings (SSSR count). The maximum Gasteiger partial charge on any atom is 0.333 e.